The number of nitrogens with one attached hydrogen (secondary N) is 1. The summed E-state index contributed by atoms with van der Waals surface area (Å²) >= 11 is 0. The Hall–Kier alpha value is -3.35. The number of sulfonamides is 1. The molecular weight excluding hydrogens is 513 g/mol. The normalized spacial score (nSPS) is 17.5. The van der Waals surface area contributed by atoms with Gasteiger partial charge in [-0.1, -0.05) is 5.16 Å². The van der Waals surface area contributed by atoms with Crippen molar-refractivity contribution in [1.82, 2.24) is 19.3 Å². The Bertz CT molecular complexity index is 1380. The number of hydrogen-bond acceptors (Lipinski definition) is 8. The van der Waals surface area contributed by atoms with Gasteiger partial charge in [0.05, 0.1) is 24.2 Å². The fourth-order valence-corrected chi connectivity index (χ4v) is 6.38. The van der Waals surface area contributed by atoms with Crippen LogP contribution in [0.5, 0.6) is 5.75 Å². The maximum absolute atomic E-state index is 13.2. The number of piperidine rings is 1. The average molecular weight is 544 g/mol. The number of carbonyl (C=O) groups excluding carboxylic acids is 1. The van der Waals surface area contributed by atoms with Crippen molar-refractivity contribution in [2.45, 2.75) is 37.1 Å². The molecular formula is C26H30FN5O5S. The summed E-state index contributed by atoms with van der Waals surface area (Å²) in [7, 11) is -2.14. The maximum atomic E-state index is 13.2. The second-order valence-electron chi connectivity index (χ2n) is 9.53. The van der Waals surface area contributed by atoms with E-state index in [1.54, 1.807) is 18.2 Å². The van der Waals surface area contributed by atoms with Gasteiger partial charge in [-0.05, 0) is 81.2 Å². The van der Waals surface area contributed by atoms with E-state index < -0.39 is 10.0 Å². The number of aromatic nitrogens is 2. The molecule has 1 amide bonds. The molecule has 0 bridgehead atoms. The second kappa shape index (κ2) is 11.2. The SMILES string of the molecule is COc1ccc(S(=O)(=O)N2CCCC2)cc1NC(=O)C1CCN(Cc2nc(-c3ccc(F)cc3)no2)CC1. The Morgan fingerprint density at radius 1 is 1.11 bits per heavy atom. The second-order valence-corrected chi connectivity index (χ2v) is 11.5. The molecule has 12 heteroatoms. The van der Waals surface area contributed by atoms with Crippen molar-refractivity contribution in [2.24, 2.45) is 5.92 Å². The van der Waals surface area contributed by atoms with Gasteiger partial charge in [-0.3, -0.25) is 9.69 Å². The summed E-state index contributed by atoms with van der Waals surface area (Å²) in [6.45, 7) is 2.78. The third-order valence-corrected chi connectivity index (χ3v) is 8.91. The van der Waals surface area contributed by atoms with E-state index in [0.29, 0.717) is 74.3 Å². The highest BCUT2D eigenvalue weighted by molar-refractivity contribution is 7.89. The van der Waals surface area contributed by atoms with E-state index in [-0.39, 0.29) is 22.5 Å². The minimum Gasteiger partial charge on any atom is -0.495 e. The van der Waals surface area contributed by atoms with Crippen LogP contribution in [0.2, 0.25) is 0 Å². The molecule has 5 rings (SSSR count). The van der Waals surface area contributed by atoms with Gasteiger partial charge in [0, 0.05) is 24.6 Å². The summed E-state index contributed by atoms with van der Waals surface area (Å²) in [5, 5.41) is 6.87. The third kappa shape index (κ3) is 5.71. The predicted molar refractivity (Wildman–Crippen MR) is 137 cm³/mol. The molecule has 2 aromatic carbocycles. The van der Waals surface area contributed by atoms with Crippen molar-refractivity contribution in [2.75, 3.05) is 38.6 Å². The molecule has 0 radical (unpaired) electrons. The van der Waals surface area contributed by atoms with Gasteiger partial charge in [0.25, 0.3) is 0 Å². The molecule has 2 saturated heterocycles. The van der Waals surface area contributed by atoms with E-state index in [9.17, 15) is 17.6 Å². The van der Waals surface area contributed by atoms with E-state index >= 15 is 0 Å². The van der Waals surface area contributed by atoms with Crippen molar-refractivity contribution < 1.29 is 26.9 Å². The monoisotopic (exact) mass is 543 g/mol. The van der Waals surface area contributed by atoms with Crippen LogP contribution in [-0.4, -0.2) is 67.0 Å². The zero-order valence-corrected chi connectivity index (χ0v) is 21.9. The van der Waals surface area contributed by atoms with E-state index in [0.717, 1.165) is 12.8 Å². The number of ether oxygens (including phenoxy) is 1. The van der Waals surface area contributed by atoms with Crippen LogP contribution < -0.4 is 10.1 Å². The molecule has 2 aliphatic rings. The summed E-state index contributed by atoms with van der Waals surface area (Å²) < 4.78 is 51.4. The molecule has 1 N–H and O–H groups in total. The summed E-state index contributed by atoms with van der Waals surface area (Å²) in [4.78, 5) is 19.8. The largest absolute Gasteiger partial charge is 0.495 e. The molecule has 0 spiro atoms. The molecule has 1 aromatic heterocycles. The highest BCUT2D eigenvalue weighted by atomic mass is 32.2. The van der Waals surface area contributed by atoms with Gasteiger partial charge in [0.1, 0.15) is 11.6 Å². The summed E-state index contributed by atoms with van der Waals surface area (Å²) in [5.74, 6) is 0.527. The van der Waals surface area contributed by atoms with Crippen LogP contribution in [-0.2, 0) is 21.4 Å². The highest BCUT2D eigenvalue weighted by Gasteiger charge is 2.30. The number of carbonyl (C=O) groups is 1. The number of amides is 1. The van der Waals surface area contributed by atoms with Crippen LogP contribution in [0.3, 0.4) is 0 Å². The Morgan fingerprint density at radius 3 is 2.50 bits per heavy atom. The standard InChI is InChI=1S/C26H30FN5O5S/c1-36-23-9-8-21(38(34,35)32-12-2-3-13-32)16-22(23)28-26(33)19-10-14-31(15-11-19)17-24-29-25(30-37-24)18-4-6-20(27)7-5-18/h4-9,16,19H,2-3,10-15,17H2,1H3,(H,28,33). The van der Waals surface area contributed by atoms with Crippen LogP contribution in [0.1, 0.15) is 31.6 Å². The van der Waals surface area contributed by atoms with Crippen molar-refractivity contribution in [3.05, 3.63) is 54.2 Å². The zero-order valence-electron chi connectivity index (χ0n) is 21.1. The van der Waals surface area contributed by atoms with Gasteiger partial charge in [0.15, 0.2) is 0 Å². The molecule has 38 heavy (non-hydrogen) atoms. The van der Waals surface area contributed by atoms with Gasteiger partial charge in [0.2, 0.25) is 27.6 Å². The first-order valence-electron chi connectivity index (χ1n) is 12.6. The smallest absolute Gasteiger partial charge is 0.243 e. The summed E-state index contributed by atoms with van der Waals surface area (Å²) in [6.07, 6.45) is 2.94. The van der Waals surface area contributed by atoms with E-state index in [1.165, 1.54) is 35.7 Å². The first-order chi connectivity index (χ1) is 18.3. The lowest BCUT2D eigenvalue weighted by Gasteiger charge is -2.30. The van der Waals surface area contributed by atoms with Gasteiger partial charge in [-0.25, -0.2) is 12.8 Å². The number of likely N-dealkylation sites (tertiary alicyclic amines) is 1. The molecule has 3 aromatic rings. The van der Waals surface area contributed by atoms with Crippen molar-refractivity contribution in [3.63, 3.8) is 0 Å². The minimum absolute atomic E-state index is 0.143. The lowest BCUT2D eigenvalue weighted by molar-refractivity contribution is -0.121. The first-order valence-corrected chi connectivity index (χ1v) is 14.1. The summed E-state index contributed by atoms with van der Waals surface area (Å²) in [5.41, 5.74) is 1.02. The number of benzene rings is 2. The van der Waals surface area contributed by atoms with Crippen LogP contribution in [0, 0.1) is 11.7 Å². The quantitative estimate of drug-likeness (QED) is 0.459. The molecule has 0 atom stereocenters. The molecule has 0 saturated carbocycles. The molecule has 10 nitrogen and oxygen atoms in total. The van der Waals surface area contributed by atoms with Crippen LogP contribution in [0.25, 0.3) is 11.4 Å². The molecule has 0 aliphatic carbocycles. The number of hydrogen-bond donors (Lipinski definition) is 1. The topological polar surface area (TPSA) is 118 Å². The molecule has 2 aliphatic heterocycles. The van der Waals surface area contributed by atoms with E-state index in [1.807, 2.05) is 0 Å². The molecule has 0 unspecified atom stereocenters. The Kier molecular flexibility index (Phi) is 7.73. The maximum Gasteiger partial charge on any atom is 0.243 e. The first kappa shape index (κ1) is 26.3. The van der Waals surface area contributed by atoms with Crippen molar-refractivity contribution in [1.29, 1.82) is 0 Å². The molecule has 3 heterocycles. The fourth-order valence-electron chi connectivity index (χ4n) is 4.84. The van der Waals surface area contributed by atoms with Gasteiger partial charge in [-0.2, -0.15) is 9.29 Å². The van der Waals surface area contributed by atoms with Crippen LogP contribution >= 0.6 is 0 Å². The van der Waals surface area contributed by atoms with Gasteiger partial charge in [-0.15, -0.1) is 0 Å². The van der Waals surface area contributed by atoms with Gasteiger partial charge < -0.3 is 14.6 Å². The Balaban J connectivity index is 1.18. The number of methoxy groups -OCH3 is 1. The highest BCUT2D eigenvalue weighted by Crippen LogP contribution is 2.31. The summed E-state index contributed by atoms with van der Waals surface area (Å²) in [6, 6.07) is 10.5. The van der Waals surface area contributed by atoms with Gasteiger partial charge >= 0.3 is 0 Å². The van der Waals surface area contributed by atoms with Crippen LogP contribution in [0.15, 0.2) is 51.9 Å². The fraction of sp³-hybridized carbons (Fsp3) is 0.423. The van der Waals surface area contributed by atoms with Crippen molar-refractivity contribution >= 4 is 21.6 Å². The van der Waals surface area contributed by atoms with Crippen LogP contribution in [0.4, 0.5) is 10.1 Å². The Labute approximate surface area is 220 Å². The molecule has 202 valence electrons. The van der Waals surface area contributed by atoms with Crippen molar-refractivity contribution in [3.8, 4) is 17.1 Å². The predicted octanol–water partition coefficient (Wildman–Crippen LogP) is 3.52. The lowest BCUT2D eigenvalue weighted by atomic mass is 9.96. The van der Waals surface area contributed by atoms with E-state index in [4.69, 9.17) is 9.26 Å². The molecule has 2 fully saturated rings. The third-order valence-electron chi connectivity index (χ3n) is 7.02. The zero-order chi connectivity index (χ0) is 26.7. The lowest BCUT2D eigenvalue weighted by Crippen LogP contribution is -2.37. The Morgan fingerprint density at radius 2 is 1.82 bits per heavy atom. The number of rotatable bonds is 8. The van der Waals surface area contributed by atoms with E-state index in [2.05, 4.69) is 20.4 Å². The number of halogens is 1. The number of anilines is 1. The number of nitrogens with zero attached hydrogens (tertiary/aromatic N) is 4. The minimum atomic E-state index is -3.62. The average Bonchev–Trinajstić information content (AvgIpc) is 3.63.